The second-order valence-electron chi connectivity index (χ2n) is 5.84. The summed E-state index contributed by atoms with van der Waals surface area (Å²) in [6, 6.07) is 15.2. The number of phenolic OH excluding ortho intramolecular Hbond substituents is 1. The van der Waals surface area contributed by atoms with E-state index in [1.54, 1.807) is 12.1 Å². The van der Waals surface area contributed by atoms with Crippen molar-refractivity contribution in [2.75, 3.05) is 0 Å². The molecule has 0 aliphatic heterocycles. The van der Waals surface area contributed by atoms with Gasteiger partial charge in [-0.25, -0.2) is 9.82 Å². The normalized spacial score (nSPS) is 11.5. The Morgan fingerprint density at radius 2 is 1.89 bits per heavy atom. The van der Waals surface area contributed by atoms with E-state index in [0.29, 0.717) is 15.6 Å². The molecule has 27 heavy (non-hydrogen) atoms. The van der Waals surface area contributed by atoms with Gasteiger partial charge in [0, 0.05) is 15.6 Å². The molecule has 0 unspecified atom stereocenters. The first-order chi connectivity index (χ1) is 13.0. The first-order valence-corrected chi connectivity index (χ1v) is 9.15. The summed E-state index contributed by atoms with van der Waals surface area (Å²) in [5, 5.41) is 16.7. The lowest BCUT2D eigenvalue weighted by molar-refractivity contribution is 0.0959. The van der Waals surface area contributed by atoms with Gasteiger partial charge in [0.1, 0.15) is 16.4 Å². The molecule has 2 N–H and O–H groups in total. The van der Waals surface area contributed by atoms with Gasteiger partial charge in [0.25, 0.3) is 5.91 Å². The fraction of sp³-hybridized carbons (Fsp3) is 0. The van der Waals surface area contributed by atoms with Crippen molar-refractivity contribution in [1.29, 1.82) is 0 Å². The van der Waals surface area contributed by atoms with E-state index in [-0.39, 0.29) is 15.6 Å². The number of hydrogen-bond acceptors (Lipinski definition) is 4. The molecule has 4 aromatic rings. The summed E-state index contributed by atoms with van der Waals surface area (Å²) in [7, 11) is 0. The zero-order valence-electron chi connectivity index (χ0n) is 13.7. The molecule has 0 aliphatic rings. The van der Waals surface area contributed by atoms with Crippen LogP contribution in [0.1, 0.15) is 15.2 Å². The summed E-state index contributed by atoms with van der Waals surface area (Å²) in [5.74, 6) is -0.836. The fourth-order valence-electron chi connectivity index (χ4n) is 2.75. The summed E-state index contributed by atoms with van der Waals surface area (Å²) >= 11 is 7.32. The summed E-state index contributed by atoms with van der Waals surface area (Å²) < 4.78 is 13.9. The Kier molecular flexibility index (Phi) is 4.51. The van der Waals surface area contributed by atoms with Crippen LogP contribution in [0.4, 0.5) is 4.39 Å². The van der Waals surface area contributed by atoms with Crippen LogP contribution < -0.4 is 5.43 Å². The molecule has 0 saturated heterocycles. The molecule has 0 fully saturated rings. The topological polar surface area (TPSA) is 61.7 Å². The maximum Gasteiger partial charge on any atom is 0.283 e. The predicted octanol–water partition coefficient (Wildman–Crippen LogP) is 5.32. The Morgan fingerprint density at radius 3 is 2.67 bits per heavy atom. The van der Waals surface area contributed by atoms with Crippen molar-refractivity contribution in [3.05, 3.63) is 75.9 Å². The van der Waals surface area contributed by atoms with E-state index >= 15 is 0 Å². The number of phenols is 1. The van der Waals surface area contributed by atoms with Crippen LogP contribution in [0.3, 0.4) is 0 Å². The van der Waals surface area contributed by atoms with E-state index in [4.69, 9.17) is 11.6 Å². The van der Waals surface area contributed by atoms with Crippen molar-refractivity contribution in [3.8, 4) is 5.75 Å². The molecule has 0 bridgehead atoms. The molecule has 0 aliphatic carbocycles. The summed E-state index contributed by atoms with van der Waals surface area (Å²) in [4.78, 5) is 12.6. The molecule has 134 valence electrons. The Hall–Kier alpha value is -2.96. The van der Waals surface area contributed by atoms with Gasteiger partial charge in [0.2, 0.25) is 0 Å². The standard InChI is InChI=1S/C20H12ClFN2O2S/c21-18-15-6-5-14(22)9-17(15)27-19(18)20(26)24-23-10-13-7-11-3-1-2-4-12(11)8-16(13)25/h1-10,25H,(H,24,26)/b23-10+. The SMILES string of the molecule is O=C(N/N=C/c1cc2ccccc2cc1O)c1sc2cc(F)ccc2c1Cl. The van der Waals surface area contributed by atoms with Crippen molar-refractivity contribution in [3.63, 3.8) is 0 Å². The molecular weight excluding hydrogens is 387 g/mol. The van der Waals surface area contributed by atoms with Crippen LogP contribution in [-0.4, -0.2) is 17.2 Å². The molecule has 1 amide bonds. The highest BCUT2D eigenvalue weighted by atomic mass is 35.5. The second-order valence-corrected chi connectivity index (χ2v) is 7.27. The fourth-order valence-corrected chi connectivity index (χ4v) is 4.18. The average Bonchev–Trinajstić information content (AvgIpc) is 2.98. The Bertz CT molecular complexity index is 1220. The first-order valence-electron chi connectivity index (χ1n) is 7.95. The zero-order chi connectivity index (χ0) is 19.0. The third kappa shape index (κ3) is 3.37. The number of hydrogen-bond donors (Lipinski definition) is 2. The zero-order valence-corrected chi connectivity index (χ0v) is 15.3. The lowest BCUT2D eigenvalue weighted by Crippen LogP contribution is -2.16. The van der Waals surface area contributed by atoms with Gasteiger partial charge in [-0.3, -0.25) is 4.79 Å². The third-order valence-electron chi connectivity index (χ3n) is 4.06. The number of benzene rings is 3. The number of carbonyl (C=O) groups excluding carboxylic acids is 1. The molecule has 0 radical (unpaired) electrons. The highest BCUT2D eigenvalue weighted by molar-refractivity contribution is 7.21. The van der Waals surface area contributed by atoms with E-state index in [9.17, 15) is 14.3 Å². The minimum Gasteiger partial charge on any atom is -0.507 e. The molecule has 4 nitrogen and oxygen atoms in total. The van der Waals surface area contributed by atoms with Crippen LogP contribution in [0, 0.1) is 5.82 Å². The summed E-state index contributed by atoms with van der Waals surface area (Å²) in [5.41, 5.74) is 2.86. The van der Waals surface area contributed by atoms with Crippen LogP contribution in [0.15, 0.2) is 59.7 Å². The number of halogens is 2. The number of hydrazone groups is 1. The van der Waals surface area contributed by atoms with Crippen molar-refractivity contribution in [1.82, 2.24) is 5.43 Å². The average molecular weight is 399 g/mol. The molecular formula is C20H12ClFN2O2S. The smallest absolute Gasteiger partial charge is 0.283 e. The predicted molar refractivity (Wildman–Crippen MR) is 107 cm³/mol. The van der Waals surface area contributed by atoms with Crippen LogP contribution >= 0.6 is 22.9 Å². The van der Waals surface area contributed by atoms with Gasteiger partial charge in [0.05, 0.1) is 11.2 Å². The lowest BCUT2D eigenvalue weighted by Gasteiger charge is -2.03. The van der Waals surface area contributed by atoms with Crippen LogP contribution in [0.25, 0.3) is 20.9 Å². The van der Waals surface area contributed by atoms with Crippen LogP contribution in [0.2, 0.25) is 5.02 Å². The van der Waals surface area contributed by atoms with Gasteiger partial charge < -0.3 is 5.11 Å². The minimum atomic E-state index is -0.502. The largest absolute Gasteiger partial charge is 0.507 e. The van der Waals surface area contributed by atoms with E-state index < -0.39 is 11.7 Å². The van der Waals surface area contributed by atoms with Gasteiger partial charge >= 0.3 is 0 Å². The van der Waals surface area contributed by atoms with Crippen molar-refractivity contribution >= 4 is 55.9 Å². The summed E-state index contributed by atoms with van der Waals surface area (Å²) in [6.45, 7) is 0. The Labute approximate surface area is 162 Å². The van der Waals surface area contributed by atoms with Crippen molar-refractivity contribution in [2.24, 2.45) is 5.10 Å². The maximum absolute atomic E-state index is 13.3. The number of aromatic hydroxyl groups is 1. The molecule has 3 aromatic carbocycles. The second kappa shape index (κ2) is 6.98. The lowest BCUT2D eigenvalue weighted by atomic mass is 10.1. The number of rotatable bonds is 3. The van der Waals surface area contributed by atoms with Gasteiger partial charge in [-0.2, -0.15) is 5.10 Å². The quantitative estimate of drug-likeness (QED) is 0.362. The van der Waals surface area contributed by atoms with Crippen LogP contribution in [0.5, 0.6) is 5.75 Å². The van der Waals surface area contributed by atoms with Crippen molar-refractivity contribution in [2.45, 2.75) is 0 Å². The van der Waals surface area contributed by atoms with Gasteiger partial charge in [0.15, 0.2) is 0 Å². The van der Waals surface area contributed by atoms with E-state index in [1.807, 2.05) is 24.3 Å². The Morgan fingerprint density at radius 1 is 1.15 bits per heavy atom. The highest BCUT2D eigenvalue weighted by Crippen LogP contribution is 2.35. The third-order valence-corrected chi connectivity index (χ3v) is 5.72. The monoisotopic (exact) mass is 398 g/mol. The first kappa shape index (κ1) is 17.5. The molecule has 0 saturated carbocycles. The van der Waals surface area contributed by atoms with E-state index in [2.05, 4.69) is 10.5 Å². The van der Waals surface area contributed by atoms with E-state index in [0.717, 1.165) is 22.1 Å². The van der Waals surface area contributed by atoms with Gasteiger partial charge in [-0.15, -0.1) is 11.3 Å². The maximum atomic E-state index is 13.3. The number of nitrogens with zero attached hydrogens (tertiary/aromatic N) is 1. The number of amides is 1. The molecule has 1 aromatic heterocycles. The molecule has 1 heterocycles. The Balaban J connectivity index is 1.57. The number of fused-ring (bicyclic) bond motifs is 2. The minimum absolute atomic E-state index is 0.0575. The summed E-state index contributed by atoms with van der Waals surface area (Å²) in [6.07, 6.45) is 1.36. The highest BCUT2D eigenvalue weighted by Gasteiger charge is 2.17. The molecule has 0 atom stereocenters. The molecule has 0 spiro atoms. The number of thiophene rings is 1. The van der Waals surface area contributed by atoms with E-state index in [1.165, 1.54) is 24.4 Å². The van der Waals surface area contributed by atoms with Gasteiger partial charge in [-0.1, -0.05) is 35.9 Å². The van der Waals surface area contributed by atoms with Crippen LogP contribution in [-0.2, 0) is 0 Å². The van der Waals surface area contributed by atoms with Crippen molar-refractivity contribution < 1.29 is 14.3 Å². The van der Waals surface area contributed by atoms with Gasteiger partial charge in [-0.05, 0) is 41.1 Å². The molecule has 4 rings (SSSR count). The number of carbonyl (C=O) groups is 1. The number of nitrogens with one attached hydrogen (secondary N) is 1. The molecule has 7 heteroatoms.